The highest BCUT2D eigenvalue weighted by atomic mass is 32.1. The van der Waals surface area contributed by atoms with Crippen LogP contribution in [0.5, 0.6) is 0 Å². The molecule has 162 valence electrons. The number of anilines is 1. The molecule has 0 aromatic carbocycles. The summed E-state index contributed by atoms with van der Waals surface area (Å²) >= 11 is 1.49. The van der Waals surface area contributed by atoms with Crippen LogP contribution in [0.2, 0.25) is 0 Å². The van der Waals surface area contributed by atoms with Crippen LogP contribution in [-0.2, 0) is 0 Å². The molecule has 0 unspecified atom stereocenters. The molecule has 2 aliphatic heterocycles. The van der Waals surface area contributed by atoms with E-state index in [9.17, 15) is 9.18 Å². The van der Waals surface area contributed by atoms with Crippen LogP contribution in [0.15, 0.2) is 24.4 Å². The van der Waals surface area contributed by atoms with Crippen molar-refractivity contribution in [2.75, 3.05) is 18.5 Å². The van der Waals surface area contributed by atoms with E-state index in [0.717, 1.165) is 52.3 Å². The van der Waals surface area contributed by atoms with E-state index in [1.165, 1.54) is 11.3 Å². The number of hydrogen-bond donors (Lipinski definition) is 2. The Morgan fingerprint density at radius 1 is 1.26 bits per heavy atom. The van der Waals surface area contributed by atoms with Crippen LogP contribution in [0.1, 0.15) is 30.7 Å². The van der Waals surface area contributed by atoms with Crippen molar-refractivity contribution in [2.45, 2.75) is 50.7 Å². The average molecular weight is 442 g/mol. The number of hydrogen-bond acceptors (Lipinski definition) is 7. The molecule has 3 atom stereocenters. The van der Waals surface area contributed by atoms with Gasteiger partial charge in [-0.3, -0.25) is 5.32 Å². The highest BCUT2D eigenvalue weighted by molar-refractivity contribution is 7.14. The smallest absolute Gasteiger partial charge is 0.318 e. The minimum absolute atomic E-state index is 0.126. The zero-order valence-corrected chi connectivity index (χ0v) is 18.0. The molecular weight excluding hydrogens is 417 g/mol. The second-order valence-corrected chi connectivity index (χ2v) is 9.30. The quantitative estimate of drug-likeness (QED) is 0.629. The van der Waals surface area contributed by atoms with Gasteiger partial charge in [-0.2, -0.15) is 0 Å². The molecule has 31 heavy (non-hydrogen) atoms. The molecular formula is C21H24FN7OS. The number of halogens is 1. The number of aryl methyl sites for hydroxylation is 1. The molecule has 2 N–H and O–H groups in total. The van der Waals surface area contributed by atoms with E-state index in [4.69, 9.17) is 0 Å². The first kappa shape index (κ1) is 20.2. The number of fused-ring (bicyclic) bond motifs is 3. The largest absolute Gasteiger partial charge is 0.323 e. The van der Waals surface area contributed by atoms with Crippen LogP contribution < -0.4 is 10.6 Å². The highest BCUT2D eigenvalue weighted by Gasteiger charge is 2.43. The fourth-order valence-corrected chi connectivity index (χ4v) is 5.37. The number of urea groups is 1. The fraction of sp³-hybridized carbons (Fsp3) is 0.476. The third-order valence-corrected chi connectivity index (χ3v) is 6.91. The Morgan fingerprint density at radius 2 is 2.06 bits per heavy atom. The number of alkyl halides is 1. The molecule has 0 aliphatic carbocycles. The van der Waals surface area contributed by atoms with Crippen LogP contribution in [-0.4, -0.2) is 62.4 Å². The van der Waals surface area contributed by atoms with Crippen LogP contribution in [0.4, 0.5) is 15.0 Å². The first-order valence-corrected chi connectivity index (χ1v) is 11.4. The van der Waals surface area contributed by atoms with E-state index in [1.54, 1.807) is 12.3 Å². The van der Waals surface area contributed by atoms with E-state index in [1.807, 2.05) is 24.0 Å². The number of amides is 2. The Morgan fingerprint density at radius 3 is 2.77 bits per heavy atom. The number of nitrogens with one attached hydrogen (secondary N) is 2. The summed E-state index contributed by atoms with van der Waals surface area (Å²) in [6, 6.07) is 6.16. The molecule has 0 spiro atoms. The third-order valence-electron chi connectivity index (χ3n) is 6.05. The first-order valence-electron chi connectivity index (χ1n) is 10.6. The maximum atomic E-state index is 13.0. The molecule has 0 saturated carbocycles. The molecule has 2 fully saturated rings. The molecule has 5 rings (SSSR count). The van der Waals surface area contributed by atoms with Gasteiger partial charge in [0.2, 0.25) is 0 Å². The third kappa shape index (κ3) is 4.09. The van der Waals surface area contributed by atoms with Gasteiger partial charge < -0.3 is 10.2 Å². The van der Waals surface area contributed by atoms with E-state index < -0.39 is 0 Å². The van der Waals surface area contributed by atoms with Gasteiger partial charge in [0.25, 0.3) is 0 Å². The average Bonchev–Trinajstić information content (AvgIpc) is 3.32. The van der Waals surface area contributed by atoms with Crippen molar-refractivity contribution in [2.24, 2.45) is 0 Å². The minimum atomic E-state index is -0.363. The topological polar surface area (TPSA) is 95.9 Å². The Bertz CT molecular complexity index is 1090. The number of carbonyl (C=O) groups excluding carboxylic acids is 1. The highest BCUT2D eigenvalue weighted by Crippen LogP contribution is 2.36. The lowest BCUT2D eigenvalue weighted by Crippen LogP contribution is -2.53. The van der Waals surface area contributed by atoms with Gasteiger partial charge in [-0.15, -0.1) is 10.2 Å². The summed E-state index contributed by atoms with van der Waals surface area (Å²) in [7, 11) is 0. The van der Waals surface area contributed by atoms with Crippen LogP contribution in [0.25, 0.3) is 21.6 Å². The maximum absolute atomic E-state index is 13.0. The Hall–Kier alpha value is -2.72. The van der Waals surface area contributed by atoms with E-state index in [-0.39, 0.29) is 30.8 Å². The van der Waals surface area contributed by atoms with Crippen molar-refractivity contribution in [3.63, 3.8) is 0 Å². The molecule has 3 aromatic heterocycles. The predicted octanol–water partition coefficient (Wildman–Crippen LogP) is 3.54. The lowest BCUT2D eigenvalue weighted by molar-refractivity contribution is 0.141. The number of rotatable bonds is 5. The first-order chi connectivity index (χ1) is 15.1. The van der Waals surface area contributed by atoms with Crippen LogP contribution >= 0.6 is 11.3 Å². The predicted molar refractivity (Wildman–Crippen MR) is 118 cm³/mol. The van der Waals surface area contributed by atoms with Crippen LogP contribution in [0, 0.1) is 6.92 Å². The molecule has 2 bridgehead atoms. The number of carbonyl (C=O) groups is 1. The summed E-state index contributed by atoms with van der Waals surface area (Å²) in [5.41, 5.74) is 1.50. The van der Waals surface area contributed by atoms with E-state index >= 15 is 0 Å². The molecule has 2 aliphatic rings. The summed E-state index contributed by atoms with van der Waals surface area (Å²) in [5.74, 6) is 0.479. The molecule has 10 heteroatoms. The summed E-state index contributed by atoms with van der Waals surface area (Å²) in [6.45, 7) is 1.92. The number of aromatic nitrogens is 4. The van der Waals surface area contributed by atoms with Crippen molar-refractivity contribution >= 4 is 34.1 Å². The Labute approximate surface area is 183 Å². The molecule has 2 amide bonds. The van der Waals surface area contributed by atoms with Crippen molar-refractivity contribution in [3.05, 3.63) is 29.4 Å². The van der Waals surface area contributed by atoms with Gasteiger partial charge in [0.05, 0.1) is 5.52 Å². The summed E-state index contributed by atoms with van der Waals surface area (Å²) < 4.78 is 12.5. The number of piperidine rings is 1. The van der Waals surface area contributed by atoms with Crippen LogP contribution in [0.3, 0.4) is 0 Å². The van der Waals surface area contributed by atoms with Gasteiger partial charge in [-0.05, 0) is 44.7 Å². The van der Waals surface area contributed by atoms with Gasteiger partial charge in [0.15, 0.2) is 5.01 Å². The van der Waals surface area contributed by atoms with Gasteiger partial charge in [-0.1, -0.05) is 11.3 Å². The number of pyridine rings is 2. The van der Waals surface area contributed by atoms with Gasteiger partial charge >= 0.3 is 6.03 Å². The van der Waals surface area contributed by atoms with Crippen molar-refractivity contribution in [1.29, 1.82) is 0 Å². The molecule has 2 saturated heterocycles. The van der Waals surface area contributed by atoms with Gasteiger partial charge in [-0.25, -0.2) is 19.2 Å². The van der Waals surface area contributed by atoms with E-state index in [2.05, 4.69) is 30.8 Å². The fourth-order valence-electron chi connectivity index (χ4n) is 4.71. The zero-order chi connectivity index (χ0) is 21.4. The van der Waals surface area contributed by atoms with Crippen molar-refractivity contribution in [1.82, 2.24) is 30.4 Å². The maximum Gasteiger partial charge on any atom is 0.323 e. The standard InChI is InChI=1S/C21H24FN7OS/c1-12-27-28-20(31-12)17-5-2-13-11-24-19(10-18(13)25-17)26-21(30)29-15-3-4-16(29)9-14(8-15)23-7-6-22/h2,5,10-11,14-16,23H,3-4,6-9H2,1H3,(H,24,26,30)/t14-,15-,16+. The Balaban J connectivity index is 1.31. The SMILES string of the molecule is Cc1nnc(-c2ccc3cnc(NC(=O)N4[C@@H]5CC[C@H]4C[C@H](NCCF)C5)cc3n2)s1. The minimum Gasteiger partial charge on any atom is -0.318 e. The molecule has 0 radical (unpaired) electrons. The summed E-state index contributed by atoms with van der Waals surface area (Å²) in [5, 5.41) is 17.0. The molecule has 8 nitrogen and oxygen atoms in total. The molecule has 5 heterocycles. The van der Waals surface area contributed by atoms with Crippen molar-refractivity contribution in [3.8, 4) is 10.7 Å². The van der Waals surface area contributed by atoms with Gasteiger partial charge in [0.1, 0.15) is 23.2 Å². The lowest BCUT2D eigenvalue weighted by atomic mass is 9.97. The summed E-state index contributed by atoms with van der Waals surface area (Å²) in [4.78, 5) is 24.1. The normalized spacial score (nSPS) is 22.8. The second kappa shape index (κ2) is 8.43. The second-order valence-electron chi connectivity index (χ2n) is 8.12. The zero-order valence-electron chi connectivity index (χ0n) is 17.2. The van der Waals surface area contributed by atoms with E-state index in [0.29, 0.717) is 12.4 Å². The molecule has 3 aromatic rings. The summed E-state index contributed by atoms with van der Waals surface area (Å²) in [6.07, 6.45) is 5.42. The number of nitrogens with zero attached hydrogens (tertiary/aromatic N) is 5. The Kier molecular flexibility index (Phi) is 5.49. The van der Waals surface area contributed by atoms with Gasteiger partial charge in [0, 0.05) is 42.3 Å². The monoisotopic (exact) mass is 441 g/mol. The lowest BCUT2D eigenvalue weighted by Gasteiger charge is -2.39. The van der Waals surface area contributed by atoms with Crippen molar-refractivity contribution < 1.29 is 9.18 Å².